The minimum absolute atomic E-state index is 0. The number of rotatable bonds is 9. The Labute approximate surface area is 192 Å². The van der Waals surface area contributed by atoms with Gasteiger partial charge in [-0.15, -0.1) is 24.0 Å². The summed E-state index contributed by atoms with van der Waals surface area (Å²) in [6.07, 6.45) is 8.40. The molecule has 3 rings (SSSR count). The molecule has 1 atom stereocenters. The summed E-state index contributed by atoms with van der Waals surface area (Å²) in [6.45, 7) is 11.6. The smallest absolute Gasteiger partial charge is 0.194 e. The van der Waals surface area contributed by atoms with Gasteiger partial charge in [0.15, 0.2) is 5.96 Å². The first-order chi connectivity index (χ1) is 13.8. The highest BCUT2D eigenvalue weighted by Crippen LogP contribution is 2.30. The number of nitrogens with one attached hydrogen (secondary N) is 1. The van der Waals surface area contributed by atoms with E-state index in [4.69, 9.17) is 14.3 Å². The van der Waals surface area contributed by atoms with Crippen molar-refractivity contribution in [2.45, 2.75) is 58.6 Å². The fraction of sp³-hybridized carbons (Fsp3) is 0.810. The van der Waals surface area contributed by atoms with Crippen molar-refractivity contribution in [1.82, 2.24) is 20.3 Å². The number of halogens is 1. The van der Waals surface area contributed by atoms with E-state index in [9.17, 15) is 0 Å². The van der Waals surface area contributed by atoms with E-state index in [1.165, 1.54) is 25.7 Å². The van der Waals surface area contributed by atoms with Crippen molar-refractivity contribution in [2.24, 2.45) is 10.9 Å². The Kier molecular flexibility index (Phi) is 11.3. The second-order valence-electron chi connectivity index (χ2n) is 7.82. The van der Waals surface area contributed by atoms with Gasteiger partial charge in [0.05, 0.1) is 11.8 Å². The average molecular weight is 519 g/mol. The third-order valence-corrected chi connectivity index (χ3v) is 5.87. The number of aliphatic imine (C=N–C) groups is 1. The summed E-state index contributed by atoms with van der Waals surface area (Å²) >= 11 is 0. The van der Waals surface area contributed by atoms with Gasteiger partial charge in [-0.25, -0.2) is 0 Å². The number of hydrogen-bond acceptors (Lipinski definition) is 5. The van der Waals surface area contributed by atoms with Crippen molar-refractivity contribution in [3.8, 4) is 0 Å². The third kappa shape index (κ3) is 7.71. The highest BCUT2D eigenvalue weighted by atomic mass is 127. The van der Waals surface area contributed by atoms with Gasteiger partial charge in [-0.2, -0.15) is 0 Å². The summed E-state index contributed by atoms with van der Waals surface area (Å²) in [4.78, 5) is 9.74. The Bertz CT molecular complexity index is 570. The molecule has 2 aliphatic rings. The molecule has 29 heavy (non-hydrogen) atoms. The fourth-order valence-electron chi connectivity index (χ4n) is 4.39. The molecule has 1 saturated carbocycles. The molecule has 1 unspecified atom stereocenters. The van der Waals surface area contributed by atoms with Gasteiger partial charge in [-0.1, -0.05) is 18.0 Å². The molecular weight excluding hydrogens is 481 g/mol. The summed E-state index contributed by atoms with van der Waals surface area (Å²) in [6, 6.07) is 1.94. The van der Waals surface area contributed by atoms with Crippen LogP contribution in [0.5, 0.6) is 0 Å². The van der Waals surface area contributed by atoms with Gasteiger partial charge in [0, 0.05) is 58.5 Å². The van der Waals surface area contributed by atoms with Crippen molar-refractivity contribution < 1.29 is 9.26 Å². The zero-order valence-corrected chi connectivity index (χ0v) is 20.3. The Morgan fingerprint density at radius 1 is 1.28 bits per heavy atom. The lowest BCUT2D eigenvalue weighted by Gasteiger charge is -2.36. The molecule has 2 heterocycles. The number of ether oxygens (including phenoxy) is 1. The Balaban J connectivity index is 0.00000300. The molecule has 7 nitrogen and oxygen atoms in total. The molecule has 8 heteroatoms. The molecule has 0 spiro atoms. The lowest BCUT2D eigenvalue weighted by atomic mass is 9.98. The molecular formula is C21H38IN5O2. The topological polar surface area (TPSA) is 66.1 Å². The standard InChI is InChI=1S/C21H37N5O2.HI/c1-3-22-21(23-11-9-20(27-4-2)18-7-5-6-8-18)26-14-12-25(13-15-26)17-19-10-16-28-24-19;/h10,16,18,20H,3-9,11-15,17H2,1-2H3,(H,22,23);1H. The van der Waals surface area contributed by atoms with Crippen molar-refractivity contribution >= 4 is 29.9 Å². The second kappa shape index (κ2) is 13.4. The lowest BCUT2D eigenvalue weighted by Crippen LogP contribution is -2.52. The maximum absolute atomic E-state index is 6.05. The SMILES string of the molecule is CCNC(=NCCC(OCC)C1CCCC1)N1CCN(Cc2ccon2)CC1.I. The van der Waals surface area contributed by atoms with Crippen LogP contribution < -0.4 is 5.32 Å². The maximum Gasteiger partial charge on any atom is 0.194 e. The fourth-order valence-corrected chi connectivity index (χ4v) is 4.39. The highest BCUT2D eigenvalue weighted by Gasteiger charge is 2.25. The van der Waals surface area contributed by atoms with E-state index < -0.39 is 0 Å². The number of piperazine rings is 1. The molecule has 1 aliphatic carbocycles. The summed E-state index contributed by atoms with van der Waals surface area (Å²) < 4.78 is 11.0. The van der Waals surface area contributed by atoms with Crippen LogP contribution in [0.2, 0.25) is 0 Å². The molecule has 0 bridgehead atoms. The predicted octanol–water partition coefficient (Wildman–Crippen LogP) is 3.36. The number of guanidine groups is 1. The quantitative estimate of drug-likeness (QED) is 0.307. The molecule has 1 aromatic rings. The van der Waals surface area contributed by atoms with E-state index in [-0.39, 0.29) is 24.0 Å². The minimum Gasteiger partial charge on any atom is -0.378 e. The molecule has 1 aromatic heterocycles. The van der Waals surface area contributed by atoms with Gasteiger partial charge < -0.3 is 19.5 Å². The predicted molar refractivity (Wildman–Crippen MR) is 127 cm³/mol. The van der Waals surface area contributed by atoms with Gasteiger partial charge in [-0.3, -0.25) is 9.89 Å². The van der Waals surface area contributed by atoms with Crippen LogP contribution in [0.15, 0.2) is 21.8 Å². The zero-order valence-electron chi connectivity index (χ0n) is 18.0. The van der Waals surface area contributed by atoms with Crippen LogP contribution in [0.25, 0.3) is 0 Å². The van der Waals surface area contributed by atoms with E-state index in [0.29, 0.717) is 6.10 Å². The van der Waals surface area contributed by atoms with Gasteiger partial charge in [-0.05, 0) is 39.0 Å². The van der Waals surface area contributed by atoms with Crippen molar-refractivity contribution in [3.05, 3.63) is 18.0 Å². The monoisotopic (exact) mass is 519 g/mol. The van der Waals surface area contributed by atoms with Crippen LogP contribution in [0, 0.1) is 5.92 Å². The molecule has 1 aliphatic heterocycles. The largest absolute Gasteiger partial charge is 0.378 e. The molecule has 1 saturated heterocycles. The van der Waals surface area contributed by atoms with Crippen LogP contribution in [-0.4, -0.2) is 72.9 Å². The first kappa shape index (κ1) is 24.4. The number of hydrogen-bond donors (Lipinski definition) is 1. The molecule has 0 radical (unpaired) electrons. The molecule has 0 aromatic carbocycles. The summed E-state index contributed by atoms with van der Waals surface area (Å²) in [5.74, 6) is 1.78. The van der Waals surface area contributed by atoms with Crippen LogP contribution in [0.1, 0.15) is 51.6 Å². The first-order valence-electron chi connectivity index (χ1n) is 11.1. The van der Waals surface area contributed by atoms with E-state index in [2.05, 4.69) is 34.1 Å². The Hall–Kier alpha value is -0.870. The van der Waals surface area contributed by atoms with Gasteiger partial charge in [0.1, 0.15) is 6.26 Å². The van der Waals surface area contributed by atoms with Gasteiger partial charge in [0.2, 0.25) is 0 Å². The summed E-state index contributed by atoms with van der Waals surface area (Å²) in [5, 5.41) is 7.50. The third-order valence-electron chi connectivity index (χ3n) is 5.87. The van der Waals surface area contributed by atoms with E-state index in [0.717, 1.165) is 76.4 Å². The van der Waals surface area contributed by atoms with Crippen molar-refractivity contribution in [2.75, 3.05) is 45.9 Å². The van der Waals surface area contributed by atoms with Crippen LogP contribution in [0.3, 0.4) is 0 Å². The van der Waals surface area contributed by atoms with Gasteiger partial charge >= 0.3 is 0 Å². The average Bonchev–Trinajstić information content (AvgIpc) is 3.41. The van der Waals surface area contributed by atoms with Gasteiger partial charge in [0.25, 0.3) is 0 Å². The normalized spacial score (nSPS) is 19.9. The zero-order chi connectivity index (χ0) is 19.6. The first-order valence-corrected chi connectivity index (χ1v) is 11.1. The lowest BCUT2D eigenvalue weighted by molar-refractivity contribution is 0.0177. The molecule has 1 N–H and O–H groups in total. The molecule has 0 amide bonds. The van der Waals surface area contributed by atoms with E-state index in [1.807, 2.05) is 6.07 Å². The highest BCUT2D eigenvalue weighted by molar-refractivity contribution is 14.0. The van der Waals surface area contributed by atoms with Crippen LogP contribution in [0.4, 0.5) is 0 Å². The summed E-state index contributed by atoms with van der Waals surface area (Å²) in [7, 11) is 0. The number of nitrogens with zero attached hydrogens (tertiary/aromatic N) is 4. The van der Waals surface area contributed by atoms with Crippen molar-refractivity contribution in [1.29, 1.82) is 0 Å². The van der Waals surface area contributed by atoms with Crippen LogP contribution >= 0.6 is 24.0 Å². The number of aromatic nitrogens is 1. The van der Waals surface area contributed by atoms with E-state index in [1.54, 1.807) is 6.26 Å². The maximum atomic E-state index is 6.05. The minimum atomic E-state index is 0. The van der Waals surface area contributed by atoms with Crippen LogP contribution in [-0.2, 0) is 11.3 Å². The Morgan fingerprint density at radius 2 is 2.03 bits per heavy atom. The second-order valence-corrected chi connectivity index (χ2v) is 7.82. The van der Waals surface area contributed by atoms with E-state index >= 15 is 0 Å². The molecule has 166 valence electrons. The summed E-state index contributed by atoms with van der Waals surface area (Å²) in [5.41, 5.74) is 1.00. The Morgan fingerprint density at radius 3 is 2.66 bits per heavy atom. The van der Waals surface area contributed by atoms with Crippen molar-refractivity contribution in [3.63, 3.8) is 0 Å². The molecule has 2 fully saturated rings.